The zero-order valence-corrected chi connectivity index (χ0v) is 18.9. The molecule has 3 aromatic rings. The molecule has 1 N–H and O–H groups in total. The number of thioether (sulfide) groups is 1. The Morgan fingerprint density at radius 2 is 1.77 bits per heavy atom. The molecule has 31 heavy (non-hydrogen) atoms. The van der Waals surface area contributed by atoms with Crippen molar-refractivity contribution in [3.63, 3.8) is 0 Å². The van der Waals surface area contributed by atoms with Crippen molar-refractivity contribution in [2.24, 2.45) is 0 Å². The topological polar surface area (TPSA) is 67.2 Å². The Labute approximate surface area is 187 Å². The third-order valence-electron chi connectivity index (χ3n) is 4.88. The first kappa shape index (κ1) is 22.4. The van der Waals surface area contributed by atoms with Crippen molar-refractivity contribution >= 4 is 35.3 Å². The third kappa shape index (κ3) is 5.44. The summed E-state index contributed by atoms with van der Waals surface area (Å²) in [7, 11) is 1.61. The number of anilines is 1. The number of aryl methyl sites for hydroxylation is 1. The number of carbonyl (C=O) groups is 2. The van der Waals surface area contributed by atoms with Crippen molar-refractivity contribution in [1.29, 1.82) is 0 Å². The van der Waals surface area contributed by atoms with Crippen LogP contribution in [0.15, 0.2) is 65.6 Å². The molecule has 0 saturated heterocycles. The average molecular weight is 435 g/mol. The maximum Gasteiger partial charge on any atom is 0.246 e. The van der Waals surface area contributed by atoms with E-state index < -0.39 is 0 Å². The predicted molar refractivity (Wildman–Crippen MR) is 127 cm³/mol. The number of aromatic nitrogens is 2. The van der Waals surface area contributed by atoms with Gasteiger partial charge < -0.3 is 10.2 Å². The van der Waals surface area contributed by atoms with E-state index in [1.807, 2.05) is 79.4 Å². The Kier molecular flexibility index (Phi) is 7.31. The van der Waals surface area contributed by atoms with Gasteiger partial charge in [-0.3, -0.25) is 9.59 Å². The highest BCUT2D eigenvalue weighted by Crippen LogP contribution is 2.24. The molecule has 0 fully saturated rings. The molecule has 0 atom stereocenters. The highest BCUT2D eigenvalue weighted by molar-refractivity contribution is 7.98. The Hall–Kier alpha value is -3.32. The van der Waals surface area contributed by atoms with Gasteiger partial charge in [0.15, 0.2) is 0 Å². The summed E-state index contributed by atoms with van der Waals surface area (Å²) >= 11 is 1.56. The summed E-state index contributed by atoms with van der Waals surface area (Å²) < 4.78 is 1.86. The summed E-state index contributed by atoms with van der Waals surface area (Å²) in [6, 6.07) is 17.4. The van der Waals surface area contributed by atoms with Crippen LogP contribution in [-0.2, 0) is 9.59 Å². The first-order chi connectivity index (χ1) is 14.9. The van der Waals surface area contributed by atoms with Crippen molar-refractivity contribution in [1.82, 2.24) is 14.7 Å². The van der Waals surface area contributed by atoms with Crippen LogP contribution in [0.3, 0.4) is 0 Å². The molecule has 3 rings (SSSR count). The van der Waals surface area contributed by atoms with E-state index in [0.29, 0.717) is 0 Å². The molecule has 0 aliphatic carbocycles. The van der Waals surface area contributed by atoms with Gasteiger partial charge in [0.25, 0.3) is 0 Å². The highest BCUT2D eigenvalue weighted by Gasteiger charge is 2.14. The molecular weight excluding hydrogens is 408 g/mol. The fourth-order valence-electron chi connectivity index (χ4n) is 3.23. The molecule has 160 valence electrons. The monoisotopic (exact) mass is 434 g/mol. The third-order valence-corrected chi connectivity index (χ3v) is 5.67. The lowest BCUT2D eigenvalue weighted by molar-refractivity contribution is -0.129. The van der Waals surface area contributed by atoms with E-state index in [1.54, 1.807) is 24.9 Å². The van der Waals surface area contributed by atoms with Crippen molar-refractivity contribution in [2.45, 2.75) is 18.7 Å². The Bertz CT molecular complexity index is 1110. The molecular formula is C24H26N4O2S. The Balaban J connectivity index is 1.66. The predicted octanol–water partition coefficient (Wildman–Crippen LogP) is 4.32. The van der Waals surface area contributed by atoms with Gasteiger partial charge in [-0.1, -0.05) is 30.3 Å². The summed E-state index contributed by atoms with van der Waals surface area (Å²) in [5.41, 5.74) is 4.38. The van der Waals surface area contributed by atoms with Gasteiger partial charge in [0.2, 0.25) is 11.8 Å². The molecule has 0 unspecified atom stereocenters. The number of benzene rings is 2. The van der Waals surface area contributed by atoms with Crippen molar-refractivity contribution < 1.29 is 9.59 Å². The lowest BCUT2D eigenvalue weighted by atomic mass is 10.2. The number of amides is 2. The van der Waals surface area contributed by atoms with Crippen LogP contribution < -0.4 is 5.32 Å². The van der Waals surface area contributed by atoms with Gasteiger partial charge >= 0.3 is 0 Å². The van der Waals surface area contributed by atoms with E-state index in [4.69, 9.17) is 0 Å². The van der Waals surface area contributed by atoms with E-state index in [9.17, 15) is 9.59 Å². The lowest BCUT2D eigenvalue weighted by Crippen LogP contribution is -2.33. The van der Waals surface area contributed by atoms with E-state index in [1.165, 1.54) is 11.0 Å². The van der Waals surface area contributed by atoms with Crippen LogP contribution in [0.2, 0.25) is 0 Å². The zero-order valence-electron chi connectivity index (χ0n) is 18.1. The molecule has 6 nitrogen and oxygen atoms in total. The summed E-state index contributed by atoms with van der Waals surface area (Å²) in [5.74, 6) is -0.491. The quantitative estimate of drug-likeness (QED) is 0.444. The van der Waals surface area contributed by atoms with Crippen LogP contribution in [0.25, 0.3) is 11.8 Å². The second kappa shape index (κ2) is 10.1. The van der Waals surface area contributed by atoms with E-state index in [0.717, 1.165) is 33.2 Å². The zero-order chi connectivity index (χ0) is 22.4. The number of rotatable bonds is 7. The van der Waals surface area contributed by atoms with Crippen molar-refractivity contribution in [3.05, 3.63) is 77.6 Å². The minimum absolute atomic E-state index is 0.0346. The molecule has 1 aromatic heterocycles. The number of likely N-dealkylation sites (N-methyl/N-ethyl adjacent to an activating group) is 1. The van der Waals surface area contributed by atoms with Gasteiger partial charge in [-0.25, -0.2) is 4.68 Å². The molecule has 0 radical (unpaired) electrons. The number of nitrogens with zero attached hydrogens (tertiary/aromatic N) is 3. The van der Waals surface area contributed by atoms with Crippen LogP contribution >= 0.6 is 11.8 Å². The average Bonchev–Trinajstić information content (AvgIpc) is 3.06. The molecule has 0 bridgehead atoms. The molecule has 2 aromatic carbocycles. The van der Waals surface area contributed by atoms with Crippen molar-refractivity contribution in [2.75, 3.05) is 25.2 Å². The van der Waals surface area contributed by atoms with Gasteiger partial charge in [-0.05, 0) is 50.4 Å². The first-order valence-corrected chi connectivity index (χ1v) is 11.1. The Morgan fingerprint density at radius 3 is 2.48 bits per heavy atom. The van der Waals surface area contributed by atoms with Crippen LogP contribution in [-0.4, -0.2) is 46.3 Å². The number of carbonyl (C=O) groups excluding carboxylic acids is 2. The van der Waals surface area contributed by atoms with Crippen LogP contribution in [0.4, 0.5) is 5.69 Å². The van der Waals surface area contributed by atoms with Crippen molar-refractivity contribution in [3.8, 4) is 5.69 Å². The Morgan fingerprint density at radius 1 is 1.10 bits per heavy atom. The SMILES string of the molecule is CSc1ccccc1NC(=O)CN(C)C(=O)/C=C/c1c(C)nn(-c2ccccc2)c1C. The van der Waals surface area contributed by atoms with Gasteiger partial charge in [0.1, 0.15) is 0 Å². The summed E-state index contributed by atoms with van der Waals surface area (Å²) in [4.78, 5) is 27.3. The van der Waals surface area contributed by atoms with Gasteiger partial charge in [-0.2, -0.15) is 5.10 Å². The van der Waals surface area contributed by atoms with Gasteiger partial charge in [0.05, 0.1) is 23.6 Å². The maximum atomic E-state index is 12.6. The number of hydrogen-bond acceptors (Lipinski definition) is 4. The number of nitrogens with one attached hydrogen (secondary N) is 1. The highest BCUT2D eigenvalue weighted by atomic mass is 32.2. The van der Waals surface area contributed by atoms with Gasteiger partial charge in [-0.15, -0.1) is 11.8 Å². The molecule has 2 amide bonds. The van der Waals surface area contributed by atoms with E-state index >= 15 is 0 Å². The first-order valence-electron chi connectivity index (χ1n) is 9.88. The molecule has 7 heteroatoms. The normalized spacial score (nSPS) is 11.0. The fraction of sp³-hybridized carbons (Fsp3) is 0.208. The lowest BCUT2D eigenvalue weighted by Gasteiger charge is -2.16. The fourth-order valence-corrected chi connectivity index (χ4v) is 3.78. The largest absolute Gasteiger partial charge is 0.333 e. The maximum absolute atomic E-state index is 12.6. The van der Waals surface area contributed by atoms with Crippen LogP contribution in [0.5, 0.6) is 0 Å². The second-order valence-electron chi connectivity index (χ2n) is 7.11. The molecule has 0 spiro atoms. The summed E-state index contributed by atoms with van der Waals surface area (Å²) in [6.07, 6.45) is 5.20. The molecule has 0 saturated carbocycles. The van der Waals surface area contributed by atoms with Crippen LogP contribution in [0.1, 0.15) is 17.0 Å². The van der Waals surface area contributed by atoms with Crippen LogP contribution in [0, 0.1) is 13.8 Å². The summed E-state index contributed by atoms with van der Waals surface area (Å²) in [6.45, 7) is 3.85. The van der Waals surface area contributed by atoms with E-state index in [-0.39, 0.29) is 18.4 Å². The minimum Gasteiger partial charge on any atom is -0.333 e. The summed E-state index contributed by atoms with van der Waals surface area (Å²) in [5, 5.41) is 7.46. The standard InChI is InChI=1S/C24H26N4O2S/c1-17-20(18(2)28(26-17)19-10-6-5-7-11-19)14-15-24(30)27(3)16-23(29)25-21-12-8-9-13-22(21)31-4/h5-15H,16H2,1-4H3,(H,25,29)/b15-14+. The van der Waals surface area contributed by atoms with E-state index in [2.05, 4.69) is 10.4 Å². The molecule has 1 heterocycles. The minimum atomic E-state index is -0.250. The second-order valence-corrected chi connectivity index (χ2v) is 7.96. The number of para-hydroxylation sites is 2. The molecule has 0 aliphatic heterocycles. The molecule has 0 aliphatic rings. The smallest absolute Gasteiger partial charge is 0.246 e. The number of hydrogen-bond donors (Lipinski definition) is 1. The van der Waals surface area contributed by atoms with Gasteiger partial charge in [0, 0.05) is 29.3 Å².